The number of amides is 1. The third-order valence-corrected chi connectivity index (χ3v) is 5.54. The van der Waals surface area contributed by atoms with Crippen molar-refractivity contribution in [2.75, 3.05) is 24.5 Å². The van der Waals surface area contributed by atoms with Crippen molar-refractivity contribution in [1.82, 2.24) is 25.1 Å². The van der Waals surface area contributed by atoms with Gasteiger partial charge >= 0.3 is 0 Å². The highest BCUT2D eigenvalue weighted by molar-refractivity contribution is 5.79. The standard InChI is InChI=1S/C23H28N6O/c1-17-13-18(2)29(27-17)22-14-21(25-16-26-22)28-12-6-9-20(15-28)23(30)24-11-10-19-7-4-3-5-8-19/h3-5,7-8,13-14,16,20H,6,9-12,15H2,1-2H3,(H,24,30). The quantitative estimate of drug-likeness (QED) is 0.684. The molecular weight excluding hydrogens is 376 g/mol. The Morgan fingerprint density at radius 3 is 2.70 bits per heavy atom. The third-order valence-electron chi connectivity index (χ3n) is 5.54. The van der Waals surface area contributed by atoms with E-state index in [1.807, 2.05) is 48.9 Å². The monoisotopic (exact) mass is 404 g/mol. The van der Waals surface area contributed by atoms with Crippen molar-refractivity contribution < 1.29 is 4.79 Å². The van der Waals surface area contributed by atoms with Crippen LogP contribution in [0.4, 0.5) is 5.82 Å². The van der Waals surface area contributed by atoms with Gasteiger partial charge in [-0.05, 0) is 44.7 Å². The van der Waals surface area contributed by atoms with E-state index >= 15 is 0 Å². The highest BCUT2D eigenvalue weighted by Crippen LogP contribution is 2.23. The van der Waals surface area contributed by atoms with Gasteiger partial charge in [0, 0.05) is 31.4 Å². The highest BCUT2D eigenvalue weighted by atomic mass is 16.1. The van der Waals surface area contributed by atoms with E-state index in [1.165, 1.54) is 5.56 Å². The number of hydrogen-bond donors (Lipinski definition) is 1. The fraction of sp³-hybridized carbons (Fsp3) is 0.391. The number of aryl methyl sites for hydroxylation is 2. The lowest BCUT2D eigenvalue weighted by atomic mass is 9.97. The molecule has 1 unspecified atom stereocenters. The van der Waals surface area contributed by atoms with E-state index in [0.717, 1.165) is 48.8 Å². The van der Waals surface area contributed by atoms with Crippen LogP contribution in [0.3, 0.4) is 0 Å². The number of nitrogens with zero attached hydrogens (tertiary/aromatic N) is 5. The number of aromatic nitrogens is 4. The van der Waals surface area contributed by atoms with Crippen LogP contribution < -0.4 is 10.2 Å². The molecule has 30 heavy (non-hydrogen) atoms. The molecule has 1 atom stereocenters. The SMILES string of the molecule is Cc1cc(C)n(-c2cc(N3CCCC(C(=O)NCCc4ccccc4)C3)ncn2)n1. The van der Waals surface area contributed by atoms with Crippen molar-refractivity contribution in [2.24, 2.45) is 5.92 Å². The van der Waals surface area contributed by atoms with Gasteiger partial charge in [0.25, 0.3) is 0 Å². The van der Waals surface area contributed by atoms with Gasteiger partial charge in [0.15, 0.2) is 5.82 Å². The summed E-state index contributed by atoms with van der Waals surface area (Å²) in [5.74, 6) is 1.69. The molecule has 1 fully saturated rings. The second-order valence-corrected chi connectivity index (χ2v) is 7.89. The van der Waals surface area contributed by atoms with Gasteiger partial charge in [0.2, 0.25) is 5.91 Å². The number of nitrogens with one attached hydrogen (secondary N) is 1. The largest absolute Gasteiger partial charge is 0.356 e. The number of carbonyl (C=O) groups excluding carboxylic acids is 1. The van der Waals surface area contributed by atoms with Crippen LogP contribution >= 0.6 is 0 Å². The van der Waals surface area contributed by atoms with Crippen LogP contribution in [0.5, 0.6) is 0 Å². The lowest BCUT2D eigenvalue weighted by Crippen LogP contribution is -2.43. The molecule has 1 aliphatic rings. The summed E-state index contributed by atoms with van der Waals surface area (Å²) in [6, 6.07) is 14.2. The minimum Gasteiger partial charge on any atom is -0.356 e. The van der Waals surface area contributed by atoms with Gasteiger partial charge in [-0.1, -0.05) is 30.3 Å². The van der Waals surface area contributed by atoms with Crippen molar-refractivity contribution in [2.45, 2.75) is 33.1 Å². The van der Waals surface area contributed by atoms with Gasteiger partial charge in [-0.2, -0.15) is 5.10 Å². The molecule has 1 aliphatic heterocycles. The van der Waals surface area contributed by atoms with Crippen molar-refractivity contribution in [1.29, 1.82) is 0 Å². The molecule has 1 aromatic carbocycles. The zero-order chi connectivity index (χ0) is 20.9. The van der Waals surface area contributed by atoms with Gasteiger partial charge in [-0.25, -0.2) is 14.6 Å². The van der Waals surface area contributed by atoms with Crippen molar-refractivity contribution in [3.05, 3.63) is 65.7 Å². The molecule has 3 heterocycles. The Bertz CT molecular complexity index is 1000. The Hall–Kier alpha value is -3.22. The molecule has 0 radical (unpaired) electrons. The van der Waals surface area contributed by atoms with E-state index in [1.54, 1.807) is 6.33 Å². The van der Waals surface area contributed by atoms with Crippen molar-refractivity contribution in [3.63, 3.8) is 0 Å². The first kappa shape index (κ1) is 20.1. The minimum atomic E-state index is -0.0263. The second kappa shape index (κ2) is 9.07. The first-order valence-corrected chi connectivity index (χ1v) is 10.5. The number of piperidine rings is 1. The number of rotatable bonds is 6. The zero-order valence-corrected chi connectivity index (χ0v) is 17.6. The third kappa shape index (κ3) is 4.67. The number of hydrogen-bond acceptors (Lipinski definition) is 5. The fourth-order valence-corrected chi connectivity index (χ4v) is 4.01. The highest BCUT2D eigenvalue weighted by Gasteiger charge is 2.26. The average Bonchev–Trinajstić information content (AvgIpc) is 3.12. The van der Waals surface area contributed by atoms with Gasteiger partial charge in [0.1, 0.15) is 12.1 Å². The summed E-state index contributed by atoms with van der Waals surface area (Å²) in [6.45, 7) is 6.21. The maximum Gasteiger partial charge on any atom is 0.224 e. The molecule has 2 aromatic heterocycles. The summed E-state index contributed by atoms with van der Waals surface area (Å²) >= 11 is 0. The van der Waals surface area contributed by atoms with E-state index in [9.17, 15) is 4.79 Å². The molecule has 0 aliphatic carbocycles. The Kier molecular flexibility index (Phi) is 6.07. The number of carbonyl (C=O) groups is 1. The average molecular weight is 405 g/mol. The molecule has 4 rings (SSSR count). The molecule has 1 N–H and O–H groups in total. The smallest absolute Gasteiger partial charge is 0.224 e. The number of benzene rings is 1. The molecule has 0 saturated carbocycles. The fourth-order valence-electron chi connectivity index (χ4n) is 4.01. The van der Waals surface area contributed by atoms with E-state index in [-0.39, 0.29) is 11.8 Å². The van der Waals surface area contributed by atoms with E-state index in [4.69, 9.17) is 0 Å². The maximum absolute atomic E-state index is 12.7. The molecule has 0 bridgehead atoms. The Morgan fingerprint density at radius 2 is 1.93 bits per heavy atom. The summed E-state index contributed by atoms with van der Waals surface area (Å²) in [5.41, 5.74) is 3.23. The van der Waals surface area contributed by atoms with Crippen LogP contribution in [0.2, 0.25) is 0 Å². The lowest BCUT2D eigenvalue weighted by molar-refractivity contribution is -0.125. The Balaban J connectivity index is 1.38. The van der Waals surface area contributed by atoms with Crippen LogP contribution in [-0.2, 0) is 11.2 Å². The van der Waals surface area contributed by atoms with Gasteiger partial charge in [0.05, 0.1) is 11.6 Å². The molecule has 7 heteroatoms. The predicted octanol–water partition coefficient (Wildman–Crippen LogP) is 2.85. The molecule has 0 spiro atoms. The molecule has 7 nitrogen and oxygen atoms in total. The van der Waals surface area contributed by atoms with Crippen LogP contribution in [-0.4, -0.2) is 45.3 Å². The van der Waals surface area contributed by atoms with Crippen molar-refractivity contribution in [3.8, 4) is 5.82 Å². The van der Waals surface area contributed by atoms with E-state index in [2.05, 4.69) is 37.4 Å². The zero-order valence-electron chi connectivity index (χ0n) is 17.6. The van der Waals surface area contributed by atoms with E-state index < -0.39 is 0 Å². The Labute approximate surface area is 177 Å². The van der Waals surface area contributed by atoms with Crippen LogP contribution in [0.15, 0.2) is 48.8 Å². The van der Waals surface area contributed by atoms with Crippen LogP contribution in [0.25, 0.3) is 5.82 Å². The Morgan fingerprint density at radius 1 is 1.13 bits per heavy atom. The topological polar surface area (TPSA) is 75.9 Å². The summed E-state index contributed by atoms with van der Waals surface area (Å²) in [5, 5.41) is 7.62. The first-order valence-electron chi connectivity index (χ1n) is 10.5. The summed E-state index contributed by atoms with van der Waals surface area (Å²) < 4.78 is 1.83. The van der Waals surface area contributed by atoms with Crippen LogP contribution in [0, 0.1) is 19.8 Å². The van der Waals surface area contributed by atoms with Gasteiger partial charge in [-0.3, -0.25) is 4.79 Å². The van der Waals surface area contributed by atoms with Gasteiger partial charge < -0.3 is 10.2 Å². The van der Waals surface area contributed by atoms with Crippen molar-refractivity contribution >= 4 is 11.7 Å². The molecule has 1 saturated heterocycles. The van der Waals surface area contributed by atoms with Gasteiger partial charge in [-0.15, -0.1) is 0 Å². The normalized spacial score (nSPS) is 16.5. The molecule has 3 aromatic rings. The molecule has 1 amide bonds. The summed E-state index contributed by atoms with van der Waals surface area (Å²) in [7, 11) is 0. The predicted molar refractivity (Wildman–Crippen MR) is 117 cm³/mol. The minimum absolute atomic E-state index is 0.0263. The second-order valence-electron chi connectivity index (χ2n) is 7.89. The summed E-state index contributed by atoms with van der Waals surface area (Å²) in [6.07, 6.45) is 4.30. The summed E-state index contributed by atoms with van der Waals surface area (Å²) in [4.78, 5) is 23.7. The number of anilines is 1. The lowest BCUT2D eigenvalue weighted by Gasteiger charge is -2.33. The van der Waals surface area contributed by atoms with Crippen LogP contribution in [0.1, 0.15) is 29.8 Å². The maximum atomic E-state index is 12.7. The molecular formula is C23H28N6O. The molecule has 156 valence electrons. The first-order chi connectivity index (χ1) is 14.6. The van der Waals surface area contributed by atoms with E-state index in [0.29, 0.717) is 13.1 Å².